The Morgan fingerprint density at radius 1 is 1.36 bits per heavy atom. The number of rotatable bonds is 5. The minimum absolute atomic E-state index is 0.124. The van der Waals surface area contributed by atoms with Crippen LogP contribution in [0.2, 0.25) is 0 Å². The molecule has 0 aliphatic heterocycles. The van der Waals surface area contributed by atoms with Crippen molar-refractivity contribution in [1.82, 2.24) is 5.32 Å². The molecule has 1 atom stereocenters. The van der Waals surface area contributed by atoms with Crippen LogP contribution in [0.5, 0.6) is 0 Å². The van der Waals surface area contributed by atoms with Crippen LogP contribution in [0.25, 0.3) is 0 Å². The predicted molar refractivity (Wildman–Crippen MR) is 53.6 cm³/mol. The molecule has 0 aromatic heterocycles. The normalized spacial score (nSPS) is 12.4. The van der Waals surface area contributed by atoms with Crippen molar-refractivity contribution in [3.8, 4) is 0 Å². The van der Waals surface area contributed by atoms with Gasteiger partial charge in [0.2, 0.25) is 5.91 Å². The molecule has 0 aliphatic carbocycles. The van der Waals surface area contributed by atoms with Gasteiger partial charge in [0.1, 0.15) is 0 Å². The lowest BCUT2D eigenvalue weighted by Gasteiger charge is -2.15. The van der Waals surface area contributed by atoms with E-state index in [0.29, 0.717) is 12.3 Å². The zero-order chi connectivity index (χ0) is 11.1. The third-order valence-electron chi connectivity index (χ3n) is 2.00. The largest absolute Gasteiger partial charge is 0.469 e. The van der Waals surface area contributed by atoms with Crippen LogP contribution in [-0.2, 0) is 14.3 Å². The zero-order valence-corrected chi connectivity index (χ0v) is 9.29. The monoisotopic (exact) mass is 201 g/mol. The summed E-state index contributed by atoms with van der Waals surface area (Å²) in [6.07, 6.45) is 0.890. The first-order valence-electron chi connectivity index (χ1n) is 4.79. The maximum atomic E-state index is 11.3. The smallest absolute Gasteiger partial charge is 0.309 e. The molecule has 0 aromatic carbocycles. The molecule has 0 aromatic rings. The standard InChI is InChI=1S/C10H19NO3/c1-7(2)5-8(10(13)14-4)6-9(12)11-3/h7-8H,5-6H2,1-4H3,(H,11,12)/t8-/m1/s1. The van der Waals surface area contributed by atoms with E-state index in [1.807, 2.05) is 13.8 Å². The lowest BCUT2D eigenvalue weighted by atomic mass is 9.94. The number of ether oxygens (including phenoxy) is 1. The Labute approximate surface area is 85.0 Å². The van der Waals surface area contributed by atoms with Crippen molar-refractivity contribution < 1.29 is 14.3 Å². The molecule has 0 bridgehead atoms. The van der Waals surface area contributed by atoms with Crippen molar-refractivity contribution in [3.63, 3.8) is 0 Å². The summed E-state index contributed by atoms with van der Waals surface area (Å²) in [5.74, 6) is -0.368. The van der Waals surface area contributed by atoms with Gasteiger partial charge in [-0.1, -0.05) is 13.8 Å². The SMILES string of the molecule is CNC(=O)C[C@@H](CC(C)C)C(=O)OC. The first-order chi connectivity index (χ1) is 6.51. The Morgan fingerprint density at radius 2 is 1.93 bits per heavy atom. The summed E-state index contributed by atoms with van der Waals surface area (Å²) < 4.78 is 4.64. The van der Waals surface area contributed by atoms with E-state index in [-0.39, 0.29) is 24.2 Å². The third kappa shape index (κ3) is 4.84. The summed E-state index contributed by atoms with van der Waals surface area (Å²) in [7, 11) is 2.91. The molecule has 14 heavy (non-hydrogen) atoms. The molecule has 1 amide bonds. The lowest BCUT2D eigenvalue weighted by molar-refractivity contribution is -0.148. The minimum Gasteiger partial charge on any atom is -0.469 e. The second-order valence-corrected chi connectivity index (χ2v) is 3.73. The number of amides is 1. The average molecular weight is 201 g/mol. The zero-order valence-electron chi connectivity index (χ0n) is 9.29. The van der Waals surface area contributed by atoms with Crippen LogP contribution in [0.15, 0.2) is 0 Å². The molecule has 0 radical (unpaired) electrons. The summed E-state index contributed by atoms with van der Waals surface area (Å²) in [5, 5.41) is 2.50. The van der Waals surface area contributed by atoms with Crippen molar-refractivity contribution in [2.24, 2.45) is 11.8 Å². The summed E-state index contributed by atoms with van der Waals surface area (Å²) in [6, 6.07) is 0. The van der Waals surface area contributed by atoms with Gasteiger partial charge in [-0.25, -0.2) is 0 Å². The van der Waals surface area contributed by atoms with E-state index in [9.17, 15) is 9.59 Å². The van der Waals surface area contributed by atoms with Gasteiger partial charge in [-0.05, 0) is 12.3 Å². The Kier molecular flexibility index (Phi) is 5.92. The van der Waals surface area contributed by atoms with Crippen molar-refractivity contribution in [3.05, 3.63) is 0 Å². The van der Waals surface area contributed by atoms with Crippen LogP contribution in [0.3, 0.4) is 0 Å². The second-order valence-electron chi connectivity index (χ2n) is 3.73. The summed E-state index contributed by atoms with van der Waals surface area (Å²) in [4.78, 5) is 22.4. The van der Waals surface area contributed by atoms with E-state index in [1.54, 1.807) is 7.05 Å². The molecule has 4 heteroatoms. The molecule has 0 heterocycles. The maximum absolute atomic E-state index is 11.3. The molecule has 82 valence electrons. The van der Waals surface area contributed by atoms with E-state index in [2.05, 4.69) is 10.1 Å². The molecule has 0 aliphatic rings. The second kappa shape index (κ2) is 6.40. The Bertz CT molecular complexity index is 202. The van der Waals surface area contributed by atoms with E-state index in [4.69, 9.17) is 0 Å². The number of nitrogens with one attached hydrogen (secondary N) is 1. The fraction of sp³-hybridized carbons (Fsp3) is 0.800. The number of carbonyl (C=O) groups excluding carboxylic acids is 2. The summed E-state index contributed by atoms with van der Waals surface area (Å²) in [5.41, 5.74) is 0. The fourth-order valence-electron chi connectivity index (χ4n) is 1.32. The highest BCUT2D eigenvalue weighted by Crippen LogP contribution is 2.16. The highest BCUT2D eigenvalue weighted by atomic mass is 16.5. The molecule has 0 unspecified atom stereocenters. The van der Waals surface area contributed by atoms with Crippen molar-refractivity contribution >= 4 is 11.9 Å². The van der Waals surface area contributed by atoms with Gasteiger partial charge < -0.3 is 10.1 Å². The Balaban J connectivity index is 4.24. The van der Waals surface area contributed by atoms with Crippen LogP contribution in [0, 0.1) is 11.8 Å². The van der Waals surface area contributed by atoms with Crippen LogP contribution >= 0.6 is 0 Å². The van der Waals surface area contributed by atoms with Gasteiger partial charge in [-0.2, -0.15) is 0 Å². The molecule has 0 saturated heterocycles. The van der Waals surface area contributed by atoms with Gasteiger partial charge in [0, 0.05) is 13.5 Å². The summed E-state index contributed by atoms with van der Waals surface area (Å²) >= 11 is 0. The van der Waals surface area contributed by atoms with Crippen molar-refractivity contribution in [1.29, 1.82) is 0 Å². The highest BCUT2D eigenvalue weighted by molar-refractivity contribution is 5.82. The molecule has 0 rings (SSSR count). The molecular weight excluding hydrogens is 182 g/mol. The third-order valence-corrected chi connectivity index (χ3v) is 2.00. The number of hydrogen-bond acceptors (Lipinski definition) is 3. The molecule has 1 N–H and O–H groups in total. The number of carbonyl (C=O) groups is 2. The topological polar surface area (TPSA) is 55.4 Å². The first kappa shape index (κ1) is 12.9. The molecule has 0 saturated carbocycles. The highest BCUT2D eigenvalue weighted by Gasteiger charge is 2.22. The minimum atomic E-state index is -0.319. The fourth-order valence-corrected chi connectivity index (χ4v) is 1.32. The van der Waals surface area contributed by atoms with E-state index in [1.165, 1.54) is 7.11 Å². The molecule has 0 spiro atoms. The lowest BCUT2D eigenvalue weighted by Crippen LogP contribution is -2.27. The number of esters is 1. The Morgan fingerprint density at radius 3 is 2.29 bits per heavy atom. The van der Waals surface area contributed by atoms with Gasteiger partial charge in [-0.15, -0.1) is 0 Å². The van der Waals surface area contributed by atoms with E-state index >= 15 is 0 Å². The predicted octanol–water partition coefficient (Wildman–Crippen LogP) is 0.958. The molecule has 0 fully saturated rings. The van der Waals surface area contributed by atoms with Gasteiger partial charge in [0.15, 0.2) is 0 Å². The average Bonchev–Trinajstić information content (AvgIpc) is 2.14. The van der Waals surface area contributed by atoms with Crippen LogP contribution < -0.4 is 5.32 Å². The summed E-state index contributed by atoms with van der Waals surface area (Å²) in [6.45, 7) is 4.03. The number of hydrogen-bond donors (Lipinski definition) is 1. The Hall–Kier alpha value is -1.06. The van der Waals surface area contributed by atoms with Crippen LogP contribution in [0.1, 0.15) is 26.7 Å². The van der Waals surface area contributed by atoms with Gasteiger partial charge in [-0.3, -0.25) is 9.59 Å². The van der Waals surface area contributed by atoms with E-state index in [0.717, 1.165) is 0 Å². The van der Waals surface area contributed by atoms with Gasteiger partial charge in [0.05, 0.1) is 13.0 Å². The molecular formula is C10H19NO3. The van der Waals surface area contributed by atoms with E-state index < -0.39 is 0 Å². The van der Waals surface area contributed by atoms with Gasteiger partial charge >= 0.3 is 5.97 Å². The van der Waals surface area contributed by atoms with Crippen LogP contribution in [-0.4, -0.2) is 26.0 Å². The first-order valence-corrected chi connectivity index (χ1v) is 4.79. The van der Waals surface area contributed by atoms with Crippen molar-refractivity contribution in [2.75, 3.05) is 14.2 Å². The van der Waals surface area contributed by atoms with Crippen LogP contribution in [0.4, 0.5) is 0 Å². The van der Waals surface area contributed by atoms with Gasteiger partial charge in [0.25, 0.3) is 0 Å². The maximum Gasteiger partial charge on any atom is 0.309 e. The number of methoxy groups -OCH3 is 1. The van der Waals surface area contributed by atoms with Crippen molar-refractivity contribution in [2.45, 2.75) is 26.7 Å². The quantitative estimate of drug-likeness (QED) is 0.674. The molecule has 4 nitrogen and oxygen atoms in total.